The molecule has 0 aromatic heterocycles. The van der Waals surface area contributed by atoms with Gasteiger partial charge >= 0.3 is 20.4 Å². The molecule has 0 saturated heterocycles. The smallest absolute Gasteiger partial charge is 0.140 e. The fourth-order valence-electron chi connectivity index (χ4n) is 0.943. The molecule has 0 fully saturated rings. The SMILES string of the molecule is C[CH](C)[Mg][CH](C)C.[Mg]. The van der Waals surface area contributed by atoms with Gasteiger partial charge in [-0.15, -0.1) is 8.09 Å². The van der Waals surface area contributed by atoms with Gasteiger partial charge < -0.3 is 0 Å². The molecule has 2 heteroatoms. The highest BCUT2D eigenvalue weighted by Gasteiger charge is 2.02. The molecular formula is C6H14Mg2. The van der Waals surface area contributed by atoms with E-state index in [1.807, 2.05) is 0 Å². The molecule has 0 bridgehead atoms. The summed E-state index contributed by atoms with van der Waals surface area (Å²) in [5.41, 5.74) is 0. The summed E-state index contributed by atoms with van der Waals surface area (Å²) in [7, 11) is 0. The minimum Gasteiger partial charge on any atom is -0.140 e. The van der Waals surface area contributed by atoms with Gasteiger partial charge in [0, 0.05) is 23.1 Å². The summed E-state index contributed by atoms with van der Waals surface area (Å²) in [6.07, 6.45) is 0. The predicted molar refractivity (Wildman–Crippen MR) is 41.7 cm³/mol. The lowest BCUT2D eigenvalue weighted by Crippen LogP contribution is -1.98. The van der Waals surface area contributed by atoms with Crippen molar-refractivity contribution in [2.45, 2.75) is 35.8 Å². The maximum atomic E-state index is 2.33. The summed E-state index contributed by atoms with van der Waals surface area (Å²) in [6, 6.07) is 0. The Morgan fingerprint density at radius 2 is 1.12 bits per heavy atom. The van der Waals surface area contributed by atoms with Crippen LogP contribution in [0.15, 0.2) is 0 Å². The molecule has 0 aliphatic carbocycles. The predicted octanol–water partition coefficient (Wildman–Crippen LogP) is 1.97. The van der Waals surface area contributed by atoms with Crippen molar-refractivity contribution in [1.29, 1.82) is 0 Å². The summed E-state index contributed by atoms with van der Waals surface area (Å²) in [5, 5.41) is 0. The molecule has 42 valence electrons. The zero-order valence-electron chi connectivity index (χ0n) is 6.57. The minimum absolute atomic E-state index is 0. The molecule has 0 nitrogen and oxygen atoms in total. The molecule has 0 amide bonds. The number of hydrogen-bond acceptors (Lipinski definition) is 0. The summed E-state index contributed by atoms with van der Waals surface area (Å²) in [4.78, 5) is 0. The van der Waals surface area contributed by atoms with Crippen LogP contribution in [0.4, 0.5) is 0 Å². The summed E-state index contributed by atoms with van der Waals surface area (Å²) in [5.74, 6) is 0. The van der Waals surface area contributed by atoms with Crippen LogP contribution < -0.4 is 0 Å². The Kier molecular flexibility index (Phi) is 10.2. The van der Waals surface area contributed by atoms with Gasteiger partial charge in [0.15, 0.2) is 0 Å². The quantitative estimate of drug-likeness (QED) is 0.507. The molecule has 0 unspecified atom stereocenters. The molecule has 0 aliphatic heterocycles. The first-order chi connectivity index (χ1) is 3.13. The molecule has 0 atom stereocenters. The van der Waals surface area contributed by atoms with Crippen molar-refractivity contribution in [2.24, 2.45) is 0 Å². The van der Waals surface area contributed by atoms with E-state index in [2.05, 4.69) is 27.7 Å². The van der Waals surface area contributed by atoms with Crippen molar-refractivity contribution < 1.29 is 0 Å². The van der Waals surface area contributed by atoms with Crippen LogP contribution in [0.3, 0.4) is 0 Å². The van der Waals surface area contributed by atoms with Gasteiger partial charge in [-0.1, -0.05) is 27.7 Å². The Morgan fingerprint density at radius 1 is 0.875 bits per heavy atom. The molecule has 0 aromatic carbocycles. The van der Waals surface area contributed by atoms with Gasteiger partial charge in [0.25, 0.3) is 0 Å². The van der Waals surface area contributed by atoms with Gasteiger partial charge in [0.1, 0.15) is 0 Å². The van der Waals surface area contributed by atoms with Crippen LogP contribution in [-0.4, -0.2) is 43.4 Å². The highest BCUT2D eigenvalue weighted by molar-refractivity contribution is 6.38. The molecule has 0 saturated carbocycles. The van der Waals surface area contributed by atoms with E-state index >= 15 is 0 Å². The van der Waals surface area contributed by atoms with E-state index in [0.29, 0.717) is 0 Å². The largest absolute Gasteiger partial charge is 0.371 e. The number of rotatable bonds is 2. The van der Waals surface area contributed by atoms with Crippen LogP contribution in [0.2, 0.25) is 8.09 Å². The van der Waals surface area contributed by atoms with Gasteiger partial charge in [0.05, 0.1) is 0 Å². The van der Waals surface area contributed by atoms with Crippen molar-refractivity contribution in [2.75, 3.05) is 0 Å². The third-order valence-corrected chi connectivity index (χ3v) is 2.83. The Hall–Kier alpha value is 1.53. The topological polar surface area (TPSA) is 0 Å². The molecule has 0 heterocycles. The lowest BCUT2D eigenvalue weighted by molar-refractivity contribution is 0.971. The lowest BCUT2D eigenvalue weighted by Gasteiger charge is -2.01. The van der Waals surface area contributed by atoms with E-state index in [1.165, 1.54) is 0 Å². The average Bonchev–Trinajstić information content (AvgIpc) is 1.27. The molecule has 0 rings (SSSR count). The molecular weight excluding hydrogens is 121 g/mol. The van der Waals surface area contributed by atoms with Crippen LogP contribution in [0, 0.1) is 0 Å². The Labute approximate surface area is 78.7 Å². The third kappa shape index (κ3) is 10.5. The highest BCUT2D eigenvalue weighted by Crippen LogP contribution is 2.07. The second kappa shape index (κ2) is 6.65. The maximum absolute atomic E-state index is 2.33. The summed E-state index contributed by atoms with van der Waals surface area (Å²) >= 11 is 0.281. The van der Waals surface area contributed by atoms with Crippen LogP contribution in [-0.2, 0) is 0 Å². The molecule has 8 heavy (non-hydrogen) atoms. The van der Waals surface area contributed by atoms with Gasteiger partial charge in [-0.3, -0.25) is 0 Å². The molecule has 2 radical (unpaired) electrons. The summed E-state index contributed by atoms with van der Waals surface area (Å²) < 4.78 is 2.03. The van der Waals surface area contributed by atoms with Crippen molar-refractivity contribution in [3.8, 4) is 0 Å². The lowest BCUT2D eigenvalue weighted by atomic mass is 10.5. The first-order valence-electron chi connectivity index (χ1n) is 3.13. The Morgan fingerprint density at radius 3 is 1.12 bits per heavy atom. The zero-order chi connectivity index (χ0) is 5.86. The van der Waals surface area contributed by atoms with Gasteiger partial charge in [-0.25, -0.2) is 0 Å². The highest BCUT2D eigenvalue weighted by atomic mass is 24.5. The van der Waals surface area contributed by atoms with E-state index in [0.717, 1.165) is 8.09 Å². The molecule has 0 spiro atoms. The maximum Gasteiger partial charge on any atom is 0.371 e. The van der Waals surface area contributed by atoms with Gasteiger partial charge in [0.2, 0.25) is 0 Å². The monoisotopic (exact) mass is 134 g/mol. The van der Waals surface area contributed by atoms with Crippen molar-refractivity contribution >= 4 is 43.4 Å². The first-order valence-corrected chi connectivity index (χ1v) is 4.76. The molecule has 0 N–H and O–H groups in total. The number of hydrogen-bond donors (Lipinski definition) is 0. The molecule has 0 aromatic rings. The fourth-order valence-corrected chi connectivity index (χ4v) is 2.83. The van der Waals surface area contributed by atoms with E-state index in [-0.39, 0.29) is 43.4 Å². The van der Waals surface area contributed by atoms with Crippen molar-refractivity contribution in [3.63, 3.8) is 0 Å². The van der Waals surface area contributed by atoms with Crippen LogP contribution in [0.25, 0.3) is 0 Å². The molecule has 0 aliphatic rings. The van der Waals surface area contributed by atoms with Crippen LogP contribution >= 0.6 is 0 Å². The third-order valence-electron chi connectivity index (χ3n) is 0.943. The summed E-state index contributed by atoms with van der Waals surface area (Å²) in [6.45, 7) is 9.30. The van der Waals surface area contributed by atoms with E-state index in [1.54, 1.807) is 0 Å². The van der Waals surface area contributed by atoms with E-state index in [4.69, 9.17) is 0 Å². The second-order valence-electron chi connectivity index (χ2n) is 3.02. The Bertz CT molecular complexity index is 35.8. The Balaban J connectivity index is 0. The second-order valence-corrected chi connectivity index (χ2v) is 6.76. The van der Waals surface area contributed by atoms with Crippen molar-refractivity contribution in [1.82, 2.24) is 0 Å². The van der Waals surface area contributed by atoms with Gasteiger partial charge in [-0.2, -0.15) is 0 Å². The average molecular weight is 135 g/mol. The fraction of sp³-hybridized carbons (Fsp3) is 1.00. The first kappa shape index (κ1) is 12.2. The minimum atomic E-state index is 0. The normalized spacial score (nSPS) is 8.75. The van der Waals surface area contributed by atoms with Crippen LogP contribution in [0.1, 0.15) is 27.7 Å². The van der Waals surface area contributed by atoms with Gasteiger partial charge in [-0.05, 0) is 0 Å². The van der Waals surface area contributed by atoms with E-state index in [9.17, 15) is 0 Å². The standard InChI is InChI=1S/2C3H7.2Mg/c2*1-3-2;;/h2*3H,1-2H3;;. The van der Waals surface area contributed by atoms with E-state index < -0.39 is 0 Å². The zero-order valence-corrected chi connectivity index (χ0v) is 9.40. The van der Waals surface area contributed by atoms with Crippen molar-refractivity contribution in [3.05, 3.63) is 0 Å². The van der Waals surface area contributed by atoms with Crippen LogP contribution in [0.5, 0.6) is 0 Å².